The van der Waals surface area contributed by atoms with Gasteiger partial charge in [0.15, 0.2) is 0 Å². The van der Waals surface area contributed by atoms with Crippen molar-refractivity contribution in [3.8, 4) is 5.69 Å². The summed E-state index contributed by atoms with van der Waals surface area (Å²) in [5.74, 6) is -0.215. The van der Waals surface area contributed by atoms with Crippen molar-refractivity contribution < 1.29 is 14.3 Å². The molecule has 0 unspecified atom stereocenters. The van der Waals surface area contributed by atoms with Crippen molar-refractivity contribution in [3.05, 3.63) is 53.1 Å². The molecule has 1 aliphatic carbocycles. The lowest BCUT2D eigenvalue weighted by Crippen LogP contribution is -2.34. The zero-order chi connectivity index (χ0) is 18.0. The molecule has 1 aromatic carbocycles. The molecule has 25 heavy (non-hydrogen) atoms. The molecule has 1 heterocycles. The van der Waals surface area contributed by atoms with Gasteiger partial charge < -0.3 is 14.6 Å². The molecule has 1 fully saturated rings. The average molecular weight is 344 g/mol. The lowest BCUT2D eigenvalue weighted by Gasteiger charge is -2.22. The summed E-state index contributed by atoms with van der Waals surface area (Å²) in [6.07, 6.45) is 3.64. The first kappa shape index (κ1) is 17.7. The number of benzene rings is 1. The Bertz CT molecular complexity index is 748. The Morgan fingerprint density at radius 2 is 1.92 bits per heavy atom. The van der Waals surface area contributed by atoms with E-state index in [4.69, 9.17) is 5.11 Å². The molecule has 0 aliphatic heterocycles. The zero-order valence-corrected chi connectivity index (χ0v) is 14.8. The third-order valence-electron chi connectivity index (χ3n) is 4.80. The summed E-state index contributed by atoms with van der Waals surface area (Å²) in [5.41, 5.74) is 3.40. The molecule has 0 spiro atoms. The van der Waals surface area contributed by atoms with Gasteiger partial charge >= 0.3 is 0 Å². The van der Waals surface area contributed by atoms with Crippen LogP contribution in [-0.2, 0) is 0 Å². The van der Waals surface area contributed by atoms with Crippen molar-refractivity contribution in [1.29, 1.82) is 0 Å². The van der Waals surface area contributed by atoms with Crippen molar-refractivity contribution in [2.45, 2.75) is 45.6 Å². The number of aliphatic hydroxyl groups excluding tert-OH is 1. The van der Waals surface area contributed by atoms with E-state index in [9.17, 15) is 9.18 Å². The number of aliphatic hydroxyl groups is 1. The van der Waals surface area contributed by atoms with E-state index in [1.807, 2.05) is 29.4 Å². The minimum atomic E-state index is -0.272. The van der Waals surface area contributed by atoms with E-state index in [0.29, 0.717) is 24.6 Å². The third kappa shape index (κ3) is 3.76. The van der Waals surface area contributed by atoms with E-state index in [1.165, 1.54) is 12.1 Å². The average Bonchev–Trinajstić information content (AvgIpc) is 3.38. The molecule has 5 heteroatoms. The molecular formula is C20H25FN2O2. The molecule has 0 radical (unpaired) electrons. The van der Waals surface area contributed by atoms with Crippen LogP contribution >= 0.6 is 0 Å². The lowest BCUT2D eigenvalue weighted by atomic mass is 10.2. The number of carbonyl (C=O) groups is 1. The van der Waals surface area contributed by atoms with Gasteiger partial charge in [-0.1, -0.05) is 0 Å². The Morgan fingerprint density at radius 3 is 2.52 bits per heavy atom. The maximum Gasteiger partial charge on any atom is 0.255 e. The van der Waals surface area contributed by atoms with Crippen LogP contribution in [0.25, 0.3) is 5.69 Å². The van der Waals surface area contributed by atoms with E-state index >= 15 is 0 Å². The van der Waals surface area contributed by atoms with Gasteiger partial charge in [-0.05, 0) is 69.9 Å². The lowest BCUT2D eigenvalue weighted by molar-refractivity contribution is 0.0736. The summed E-state index contributed by atoms with van der Waals surface area (Å²) in [6, 6.07) is 8.57. The molecule has 3 rings (SSSR count). The Balaban J connectivity index is 1.87. The van der Waals surface area contributed by atoms with Crippen molar-refractivity contribution in [3.63, 3.8) is 0 Å². The first-order valence-electron chi connectivity index (χ1n) is 8.89. The second-order valence-corrected chi connectivity index (χ2v) is 6.76. The van der Waals surface area contributed by atoms with Crippen LogP contribution in [0.5, 0.6) is 0 Å². The Morgan fingerprint density at radius 1 is 1.24 bits per heavy atom. The number of aromatic nitrogens is 1. The summed E-state index contributed by atoms with van der Waals surface area (Å²) in [4.78, 5) is 15.0. The maximum atomic E-state index is 13.2. The second-order valence-electron chi connectivity index (χ2n) is 6.76. The number of aryl methyl sites for hydroxylation is 1. The number of nitrogens with zero attached hydrogens (tertiary/aromatic N) is 2. The number of carbonyl (C=O) groups excluding carboxylic acids is 1. The summed E-state index contributed by atoms with van der Waals surface area (Å²) in [7, 11) is 0. The molecule has 1 saturated carbocycles. The zero-order valence-electron chi connectivity index (χ0n) is 14.8. The first-order chi connectivity index (χ1) is 12.0. The highest BCUT2D eigenvalue weighted by Crippen LogP contribution is 2.30. The van der Waals surface area contributed by atoms with Gasteiger partial charge in [-0.15, -0.1) is 0 Å². The largest absolute Gasteiger partial charge is 0.396 e. The predicted molar refractivity (Wildman–Crippen MR) is 95.6 cm³/mol. The molecule has 4 nitrogen and oxygen atoms in total. The van der Waals surface area contributed by atoms with Crippen LogP contribution in [-0.4, -0.2) is 39.7 Å². The summed E-state index contributed by atoms with van der Waals surface area (Å²) in [5, 5.41) is 8.98. The molecule has 0 bridgehead atoms. The Kier molecular flexibility index (Phi) is 5.23. The highest BCUT2D eigenvalue weighted by Gasteiger charge is 2.34. The van der Waals surface area contributed by atoms with E-state index in [0.717, 1.165) is 36.3 Å². The van der Waals surface area contributed by atoms with Crippen LogP contribution in [0.4, 0.5) is 4.39 Å². The Hall–Kier alpha value is -2.14. The third-order valence-corrected chi connectivity index (χ3v) is 4.80. The predicted octanol–water partition coefficient (Wildman–Crippen LogP) is 3.61. The normalized spacial score (nSPS) is 13.9. The minimum absolute atomic E-state index is 0.0573. The van der Waals surface area contributed by atoms with Crippen LogP contribution in [0.2, 0.25) is 0 Å². The maximum absolute atomic E-state index is 13.2. The second kappa shape index (κ2) is 7.40. The summed E-state index contributed by atoms with van der Waals surface area (Å²) in [6.45, 7) is 4.73. The van der Waals surface area contributed by atoms with Crippen LogP contribution < -0.4 is 0 Å². The number of halogens is 1. The highest BCUT2D eigenvalue weighted by atomic mass is 19.1. The number of hydrogen-bond acceptors (Lipinski definition) is 2. The van der Waals surface area contributed by atoms with Crippen molar-refractivity contribution in [2.24, 2.45) is 0 Å². The molecule has 1 aliphatic rings. The van der Waals surface area contributed by atoms with Crippen LogP contribution in [0, 0.1) is 19.7 Å². The van der Waals surface area contributed by atoms with Crippen LogP contribution in [0.3, 0.4) is 0 Å². The van der Waals surface area contributed by atoms with Gasteiger partial charge in [0.1, 0.15) is 5.82 Å². The van der Waals surface area contributed by atoms with Gasteiger partial charge in [0, 0.05) is 36.3 Å². The molecule has 1 amide bonds. The van der Waals surface area contributed by atoms with E-state index in [-0.39, 0.29) is 18.3 Å². The van der Waals surface area contributed by atoms with Gasteiger partial charge in [-0.25, -0.2) is 4.39 Å². The molecule has 134 valence electrons. The molecule has 2 aromatic rings. The monoisotopic (exact) mass is 344 g/mol. The van der Waals surface area contributed by atoms with Crippen molar-refractivity contribution >= 4 is 5.91 Å². The summed E-state index contributed by atoms with van der Waals surface area (Å²) < 4.78 is 15.2. The molecule has 0 saturated heterocycles. The van der Waals surface area contributed by atoms with Crippen LogP contribution in [0.15, 0.2) is 30.3 Å². The van der Waals surface area contributed by atoms with Crippen LogP contribution in [0.1, 0.15) is 47.4 Å². The molecule has 0 atom stereocenters. The van der Waals surface area contributed by atoms with Gasteiger partial charge in [-0.3, -0.25) is 4.79 Å². The number of amides is 1. The smallest absolute Gasteiger partial charge is 0.255 e. The van der Waals surface area contributed by atoms with Gasteiger partial charge in [0.25, 0.3) is 5.91 Å². The fourth-order valence-corrected chi connectivity index (χ4v) is 3.35. The first-order valence-corrected chi connectivity index (χ1v) is 8.89. The summed E-state index contributed by atoms with van der Waals surface area (Å²) >= 11 is 0. The SMILES string of the molecule is Cc1cc(C(=O)N(CCCCO)C2CC2)c(C)n1-c1ccc(F)cc1. The van der Waals surface area contributed by atoms with E-state index < -0.39 is 0 Å². The molecule has 1 aromatic heterocycles. The standard InChI is InChI=1S/C20H25FN2O2/c1-14-13-19(15(2)23(14)18-7-5-16(21)6-8-18)20(25)22(17-9-10-17)11-3-4-12-24/h5-8,13,17,24H,3-4,9-12H2,1-2H3. The van der Waals surface area contributed by atoms with E-state index in [1.54, 1.807) is 12.1 Å². The van der Waals surface area contributed by atoms with Crippen molar-refractivity contribution in [2.75, 3.05) is 13.2 Å². The fourth-order valence-electron chi connectivity index (χ4n) is 3.35. The fraction of sp³-hybridized carbons (Fsp3) is 0.450. The number of unbranched alkanes of at least 4 members (excludes halogenated alkanes) is 1. The number of hydrogen-bond donors (Lipinski definition) is 1. The van der Waals surface area contributed by atoms with Crippen molar-refractivity contribution in [1.82, 2.24) is 9.47 Å². The van der Waals surface area contributed by atoms with Gasteiger partial charge in [0.05, 0.1) is 5.56 Å². The number of rotatable bonds is 7. The topological polar surface area (TPSA) is 45.5 Å². The minimum Gasteiger partial charge on any atom is -0.396 e. The van der Waals surface area contributed by atoms with E-state index in [2.05, 4.69) is 0 Å². The highest BCUT2D eigenvalue weighted by molar-refractivity contribution is 5.96. The quantitative estimate of drug-likeness (QED) is 0.780. The Labute approximate surface area is 147 Å². The molecule has 1 N–H and O–H groups in total. The van der Waals surface area contributed by atoms with Gasteiger partial charge in [0.2, 0.25) is 0 Å². The molecular weight excluding hydrogens is 319 g/mol. The van der Waals surface area contributed by atoms with Gasteiger partial charge in [-0.2, -0.15) is 0 Å².